The quantitative estimate of drug-likeness (QED) is 0.603. The Balaban J connectivity index is 2.13. The first-order chi connectivity index (χ1) is 7.33. The fourth-order valence-electron chi connectivity index (χ4n) is 1.85. The summed E-state index contributed by atoms with van der Waals surface area (Å²) in [6.45, 7) is 1.78. The summed E-state index contributed by atoms with van der Waals surface area (Å²) < 4.78 is 0. The van der Waals surface area contributed by atoms with Gasteiger partial charge in [-0.25, -0.2) is 0 Å². The molecular weight excluding hydrogens is 188 g/mol. The van der Waals surface area contributed by atoms with Crippen LogP contribution in [0.2, 0.25) is 0 Å². The molecule has 1 aliphatic rings. The smallest absolute Gasteiger partial charge is 0.145 e. The molecule has 1 aliphatic heterocycles. The number of rotatable bonds is 1. The zero-order valence-electron chi connectivity index (χ0n) is 8.25. The summed E-state index contributed by atoms with van der Waals surface area (Å²) in [5, 5.41) is 4.40. The van der Waals surface area contributed by atoms with Gasteiger partial charge in [-0.15, -0.1) is 0 Å². The van der Waals surface area contributed by atoms with Gasteiger partial charge in [0.25, 0.3) is 0 Å². The van der Waals surface area contributed by atoms with Gasteiger partial charge in [0.05, 0.1) is 12.2 Å². The van der Waals surface area contributed by atoms with Crippen molar-refractivity contribution in [2.45, 2.75) is 0 Å². The lowest BCUT2D eigenvalue weighted by molar-refractivity contribution is 0.959. The second kappa shape index (κ2) is 3.02. The molecule has 4 heteroatoms. The summed E-state index contributed by atoms with van der Waals surface area (Å²) in [6, 6.07) is 7.95. The van der Waals surface area contributed by atoms with E-state index in [4.69, 9.17) is 5.73 Å². The van der Waals surface area contributed by atoms with Gasteiger partial charge >= 0.3 is 0 Å². The molecule has 1 aromatic heterocycles. The number of anilines is 1. The first-order valence-electron chi connectivity index (χ1n) is 5.00. The number of aromatic nitrogens is 1. The maximum absolute atomic E-state index is 5.72. The van der Waals surface area contributed by atoms with Crippen molar-refractivity contribution in [1.82, 2.24) is 10.3 Å². The lowest BCUT2D eigenvalue weighted by Gasteiger charge is -1.96. The number of H-pyrrole nitrogens is 1. The maximum atomic E-state index is 5.72. The van der Waals surface area contributed by atoms with Crippen LogP contribution in [0.25, 0.3) is 10.9 Å². The van der Waals surface area contributed by atoms with E-state index in [2.05, 4.69) is 21.4 Å². The zero-order chi connectivity index (χ0) is 10.3. The largest absolute Gasteiger partial charge is 0.399 e. The normalized spacial score (nSPS) is 15.3. The van der Waals surface area contributed by atoms with Crippen LogP contribution in [0.1, 0.15) is 5.69 Å². The minimum atomic E-state index is 0.775. The van der Waals surface area contributed by atoms with Gasteiger partial charge in [-0.05, 0) is 18.2 Å². The number of amidine groups is 1. The molecule has 0 saturated heterocycles. The second-order valence-corrected chi connectivity index (χ2v) is 3.69. The molecule has 0 amide bonds. The van der Waals surface area contributed by atoms with E-state index < -0.39 is 0 Å². The third-order valence-corrected chi connectivity index (χ3v) is 2.58. The second-order valence-electron chi connectivity index (χ2n) is 3.69. The van der Waals surface area contributed by atoms with E-state index in [0.29, 0.717) is 0 Å². The number of nitrogens with two attached hydrogens (primary N) is 1. The average Bonchev–Trinajstić information content (AvgIpc) is 2.84. The minimum absolute atomic E-state index is 0.775. The van der Waals surface area contributed by atoms with E-state index in [1.807, 2.05) is 18.2 Å². The van der Waals surface area contributed by atoms with E-state index in [1.165, 1.54) is 0 Å². The van der Waals surface area contributed by atoms with Crippen molar-refractivity contribution in [3.8, 4) is 0 Å². The molecule has 2 heterocycles. The molecule has 2 aromatic rings. The first-order valence-corrected chi connectivity index (χ1v) is 5.00. The summed E-state index contributed by atoms with van der Waals surface area (Å²) in [6.07, 6.45) is 0. The highest BCUT2D eigenvalue weighted by Crippen LogP contribution is 2.18. The summed E-state index contributed by atoms with van der Waals surface area (Å²) in [7, 11) is 0. The fourth-order valence-corrected chi connectivity index (χ4v) is 1.85. The molecule has 4 nitrogen and oxygen atoms in total. The van der Waals surface area contributed by atoms with Crippen molar-refractivity contribution >= 4 is 22.4 Å². The van der Waals surface area contributed by atoms with Crippen LogP contribution in [0.3, 0.4) is 0 Å². The Morgan fingerprint density at radius 1 is 1.27 bits per heavy atom. The third kappa shape index (κ3) is 1.34. The van der Waals surface area contributed by atoms with Crippen LogP contribution in [0.5, 0.6) is 0 Å². The molecule has 0 fully saturated rings. The molecule has 0 aliphatic carbocycles. The molecule has 4 N–H and O–H groups in total. The number of aromatic amines is 1. The molecule has 1 aromatic carbocycles. The number of benzene rings is 1. The molecule has 0 spiro atoms. The maximum Gasteiger partial charge on any atom is 0.145 e. The number of hydrogen-bond acceptors (Lipinski definition) is 3. The molecular formula is C11H12N4. The van der Waals surface area contributed by atoms with Gasteiger partial charge in [-0.1, -0.05) is 6.07 Å². The number of aliphatic imine (C=N–C) groups is 1. The van der Waals surface area contributed by atoms with Gasteiger partial charge < -0.3 is 16.0 Å². The molecule has 0 saturated carbocycles. The summed E-state index contributed by atoms with van der Waals surface area (Å²) in [5.41, 5.74) is 8.59. The van der Waals surface area contributed by atoms with Crippen LogP contribution < -0.4 is 11.1 Å². The average molecular weight is 200 g/mol. The van der Waals surface area contributed by atoms with Crippen LogP contribution in [0, 0.1) is 0 Å². The summed E-state index contributed by atoms with van der Waals surface area (Å²) in [5.74, 6) is 0.949. The van der Waals surface area contributed by atoms with E-state index in [-0.39, 0.29) is 0 Å². The summed E-state index contributed by atoms with van der Waals surface area (Å²) in [4.78, 5) is 7.67. The monoisotopic (exact) mass is 200 g/mol. The Morgan fingerprint density at radius 3 is 3.00 bits per heavy atom. The van der Waals surface area contributed by atoms with Crippen LogP contribution in [-0.4, -0.2) is 23.9 Å². The minimum Gasteiger partial charge on any atom is -0.399 e. The van der Waals surface area contributed by atoms with Gasteiger partial charge in [0, 0.05) is 23.1 Å². The number of fused-ring (bicyclic) bond motifs is 1. The van der Waals surface area contributed by atoms with Crippen LogP contribution in [0.4, 0.5) is 5.69 Å². The molecule has 0 unspecified atom stereocenters. The van der Waals surface area contributed by atoms with Gasteiger partial charge in [0.2, 0.25) is 0 Å². The van der Waals surface area contributed by atoms with Crippen molar-refractivity contribution in [2.75, 3.05) is 18.8 Å². The lowest BCUT2D eigenvalue weighted by Crippen LogP contribution is -2.19. The van der Waals surface area contributed by atoms with Crippen molar-refractivity contribution < 1.29 is 0 Å². The van der Waals surface area contributed by atoms with Crippen molar-refractivity contribution in [2.24, 2.45) is 4.99 Å². The third-order valence-electron chi connectivity index (χ3n) is 2.58. The van der Waals surface area contributed by atoms with Crippen molar-refractivity contribution in [3.05, 3.63) is 30.0 Å². The highest BCUT2D eigenvalue weighted by atomic mass is 15.1. The Labute approximate surface area is 87.2 Å². The zero-order valence-corrected chi connectivity index (χ0v) is 8.25. The molecule has 0 bridgehead atoms. The van der Waals surface area contributed by atoms with E-state index in [9.17, 15) is 0 Å². The predicted octanol–water partition coefficient (Wildman–Crippen LogP) is 1.10. The topological polar surface area (TPSA) is 66.2 Å². The number of nitrogens with zero attached hydrogens (tertiary/aromatic N) is 1. The van der Waals surface area contributed by atoms with Crippen LogP contribution >= 0.6 is 0 Å². The van der Waals surface area contributed by atoms with E-state index in [1.54, 1.807) is 0 Å². The van der Waals surface area contributed by atoms with Gasteiger partial charge in [0.15, 0.2) is 0 Å². The molecule has 76 valence electrons. The molecule has 15 heavy (non-hydrogen) atoms. The standard InChI is InChI=1S/C11H12N4/c12-8-2-1-7-5-10(15-9(7)6-8)11-13-3-4-14-11/h1-2,5-6,15H,3-4,12H2,(H,13,14). The van der Waals surface area contributed by atoms with Gasteiger partial charge in [-0.3, -0.25) is 4.99 Å². The number of nitrogen functional groups attached to an aromatic ring is 1. The first kappa shape index (κ1) is 8.35. The highest BCUT2D eigenvalue weighted by molar-refractivity contribution is 6.02. The number of hydrogen-bond donors (Lipinski definition) is 3. The van der Waals surface area contributed by atoms with Crippen molar-refractivity contribution in [1.29, 1.82) is 0 Å². The fraction of sp³-hybridized carbons (Fsp3) is 0.182. The van der Waals surface area contributed by atoms with Crippen LogP contribution in [0.15, 0.2) is 29.3 Å². The predicted molar refractivity (Wildman–Crippen MR) is 62.1 cm³/mol. The molecule has 3 rings (SSSR count). The van der Waals surface area contributed by atoms with E-state index in [0.717, 1.165) is 41.2 Å². The highest BCUT2D eigenvalue weighted by Gasteiger charge is 2.10. The Bertz CT molecular complexity index is 539. The Hall–Kier alpha value is -1.97. The summed E-state index contributed by atoms with van der Waals surface area (Å²) >= 11 is 0. The van der Waals surface area contributed by atoms with E-state index >= 15 is 0 Å². The number of nitrogens with one attached hydrogen (secondary N) is 2. The van der Waals surface area contributed by atoms with Crippen molar-refractivity contribution in [3.63, 3.8) is 0 Å². The molecule has 0 atom stereocenters. The lowest BCUT2D eigenvalue weighted by atomic mass is 10.2. The molecule has 0 radical (unpaired) electrons. The Kier molecular flexibility index (Phi) is 1.68. The Morgan fingerprint density at radius 2 is 2.20 bits per heavy atom. The van der Waals surface area contributed by atoms with Crippen LogP contribution in [-0.2, 0) is 0 Å². The SMILES string of the molecule is Nc1ccc2cc(C3=NCCN3)[nH]c2c1. The van der Waals surface area contributed by atoms with Gasteiger partial charge in [-0.2, -0.15) is 0 Å². The van der Waals surface area contributed by atoms with Gasteiger partial charge in [0.1, 0.15) is 5.84 Å².